The number of nitrogens with one attached hydrogen (secondary N) is 6. The summed E-state index contributed by atoms with van der Waals surface area (Å²) >= 11 is 0. The molecular formula is C46H60N10O6. The molecule has 3 atom stereocenters. The second-order valence-electron chi connectivity index (χ2n) is 15.9. The molecule has 1 aliphatic carbocycles. The van der Waals surface area contributed by atoms with Crippen molar-refractivity contribution in [1.29, 1.82) is 0 Å². The van der Waals surface area contributed by atoms with Crippen LogP contribution in [0.15, 0.2) is 96.1 Å². The second-order valence-corrected chi connectivity index (χ2v) is 15.9. The van der Waals surface area contributed by atoms with Gasteiger partial charge in [0.2, 0.25) is 35.4 Å². The maximum absolute atomic E-state index is 14.6. The molecule has 1 heterocycles. The van der Waals surface area contributed by atoms with E-state index in [1.54, 1.807) is 6.20 Å². The van der Waals surface area contributed by atoms with E-state index in [0.29, 0.717) is 32.1 Å². The first-order chi connectivity index (χ1) is 29.9. The summed E-state index contributed by atoms with van der Waals surface area (Å²) in [6, 6.07) is 23.3. The number of guanidine groups is 1. The topological polar surface area (TPSA) is 269 Å². The summed E-state index contributed by atoms with van der Waals surface area (Å²) in [5.41, 5.74) is 18.7. The smallest absolute Gasteiger partial charge is 0.246 e. The molecule has 12 N–H and O–H groups in total. The average Bonchev–Trinajstić information content (AvgIpc) is 3.67. The number of benzene rings is 3. The Balaban J connectivity index is 1.41. The predicted octanol–water partition coefficient (Wildman–Crippen LogP) is 2.47. The highest BCUT2D eigenvalue weighted by molar-refractivity contribution is 5.97. The molecule has 62 heavy (non-hydrogen) atoms. The zero-order chi connectivity index (χ0) is 44.5. The van der Waals surface area contributed by atoms with Crippen LogP contribution in [0.2, 0.25) is 0 Å². The van der Waals surface area contributed by atoms with Crippen LogP contribution in [0.4, 0.5) is 0 Å². The molecule has 0 spiro atoms. The highest BCUT2D eigenvalue weighted by Gasteiger charge is 2.44. The van der Waals surface area contributed by atoms with Crippen molar-refractivity contribution in [2.45, 2.75) is 107 Å². The number of rotatable bonds is 22. The number of H-pyrrole nitrogens is 1. The molecule has 3 aromatic carbocycles. The minimum absolute atomic E-state index is 0.0404. The number of carbonyl (C=O) groups is 6. The summed E-state index contributed by atoms with van der Waals surface area (Å²) in [6.07, 6.45) is 5.03. The number of fused-ring (bicyclic) bond motifs is 1. The number of nitrogens with two attached hydrogens (primary N) is 3. The minimum Gasteiger partial charge on any atom is -0.370 e. The molecule has 16 nitrogen and oxygen atoms in total. The van der Waals surface area contributed by atoms with E-state index in [9.17, 15) is 28.8 Å². The zero-order valence-electron chi connectivity index (χ0n) is 35.3. The fourth-order valence-electron chi connectivity index (χ4n) is 7.97. The lowest BCUT2D eigenvalue weighted by Crippen LogP contribution is -2.64. The van der Waals surface area contributed by atoms with Gasteiger partial charge in [0.05, 0.1) is 0 Å². The van der Waals surface area contributed by atoms with Crippen molar-refractivity contribution in [3.8, 4) is 0 Å². The van der Waals surface area contributed by atoms with Gasteiger partial charge in [-0.2, -0.15) is 0 Å². The summed E-state index contributed by atoms with van der Waals surface area (Å²) in [7, 11) is 0. The van der Waals surface area contributed by atoms with E-state index in [2.05, 4.69) is 48.7 Å². The van der Waals surface area contributed by atoms with Crippen LogP contribution in [0, 0.1) is 0 Å². The van der Waals surface area contributed by atoms with E-state index in [4.69, 9.17) is 17.2 Å². The molecule has 0 aliphatic heterocycles. The fourth-order valence-corrected chi connectivity index (χ4v) is 7.97. The fraction of sp³-hybridized carbons (Fsp3) is 0.413. The van der Waals surface area contributed by atoms with Crippen molar-refractivity contribution in [1.82, 2.24) is 31.6 Å². The van der Waals surface area contributed by atoms with E-state index >= 15 is 0 Å². The number of aromatic nitrogens is 1. The van der Waals surface area contributed by atoms with Gasteiger partial charge >= 0.3 is 0 Å². The third-order valence-corrected chi connectivity index (χ3v) is 11.3. The minimum atomic E-state index is -1.26. The van der Waals surface area contributed by atoms with Crippen LogP contribution in [-0.2, 0) is 41.6 Å². The quantitative estimate of drug-likeness (QED) is 0.0321. The van der Waals surface area contributed by atoms with Crippen molar-refractivity contribution in [2.24, 2.45) is 22.2 Å². The van der Waals surface area contributed by atoms with E-state index < -0.39 is 53.2 Å². The molecule has 0 bridgehead atoms. The molecule has 1 aliphatic rings. The van der Waals surface area contributed by atoms with E-state index in [1.165, 1.54) is 5.56 Å². The molecule has 1 saturated carbocycles. The molecule has 330 valence electrons. The number of nitrogens with zero attached hydrogens (tertiary/aromatic N) is 1. The molecule has 16 heteroatoms. The van der Waals surface area contributed by atoms with Gasteiger partial charge in [-0.15, -0.1) is 0 Å². The number of amides is 6. The third-order valence-electron chi connectivity index (χ3n) is 11.3. The Labute approximate surface area is 362 Å². The van der Waals surface area contributed by atoms with Crippen molar-refractivity contribution in [3.05, 3.63) is 108 Å². The SMILES string of the molecule is CCCC(=O)NC1(C(=O)N[C@H](Cc2ccccc2)C(=O)N[C@@H](CCCN=C(N)N)C(=O)N[C@@H](Cc2c[nH]c3ccccc23)C(=O)NCCC(N)=O)CCC(c2ccccc2)CC1. The first-order valence-electron chi connectivity index (χ1n) is 21.4. The summed E-state index contributed by atoms with van der Waals surface area (Å²) in [5, 5.41) is 15.3. The Morgan fingerprint density at radius 2 is 1.39 bits per heavy atom. The lowest BCUT2D eigenvalue weighted by Gasteiger charge is -2.40. The largest absolute Gasteiger partial charge is 0.370 e. The van der Waals surface area contributed by atoms with Gasteiger partial charge in [-0.1, -0.05) is 85.8 Å². The highest BCUT2D eigenvalue weighted by atomic mass is 16.2. The number of hydrogen-bond acceptors (Lipinski definition) is 7. The van der Waals surface area contributed by atoms with Crippen LogP contribution < -0.4 is 43.8 Å². The van der Waals surface area contributed by atoms with Gasteiger partial charge < -0.3 is 48.8 Å². The zero-order valence-corrected chi connectivity index (χ0v) is 35.3. The van der Waals surface area contributed by atoms with Gasteiger partial charge in [-0.05, 0) is 73.6 Å². The molecule has 5 rings (SSSR count). The highest BCUT2D eigenvalue weighted by Crippen LogP contribution is 2.38. The normalized spacial score (nSPS) is 17.4. The summed E-state index contributed by atoms with van der Waals surface area (Å²) in [5.74, 6) is -3.12. The summed E-state index contributed by atoms with van der Waals surface area (Å²) in [6.45, 7) is 2.01. The van der Waals surface area contributed by atoms with Crippen molar-refractivity contribution >= 4 is 52.3 Å². The van der Waals surface area contributed by atoms with Crippen LogP contribution >= 0.6 is 0 Å². The first kappa shape index (κ1) is 46.4. The summed E-state index contributed by atoms with van der Waals surface area (Å²) < 4.78 is 0. The van der Waals surface area contributed by atoms with Gasteiger partial charge in [0.15, 0.2) is 5.96 Å². The molecule has 0 radical (unpaired) electrons. The van der Waals surface area contributed by atoms with Crippen molar-refractivity contribution in [3.63, 3.8) is 0 Å². The van der Waals surface area contributed by atoms with Crippen LogP contribution in [0.3, 0.4) is 0 Å². The monoisotopic (exact) mass is 848 g/mol. The number of aromatic amines is 1. The van der Waals surface area contributed by atoms with Crippen LogP contribution in [0.1, 0.15) is 87.3 Å². The Morgan fingerprint density at radius 3 is 2.06 bits per heavy atom. The molecule has 1 aromatic heterocycles. The Morgan fingerprint density at radius 1 is 0.758 bits per heavy atom. The lowest BCUT2D eigenvalue weighted by atomic mass is 9.73. The molecule has 4 aromatic rings. The summed E-state index contributed by atoms with van der Waals surface area (Å²) in [4.78, 5) is 88.9. The van der Waals surface area contributed by atoms with E-state index in [-0.39, 0.29) is 69.4 Å². The molecule has 0 saturated heterocycles. The van der Waals surface area contributed by atoms with Crippen molar-refractivity contribution in [2.75, 3.05) is 13.1 Å². The van der Waals surface area contributed by atoms with Gasteiger partial charge in [-0.3, -0.25) is 33.8 Å². The molecule has 1 fully saturated rings. The maximum atomic E-state index is 14.6. The number of hydrogen-bond donors (Lipinski definition) is 9. The van der Waals surface area contributed by atoms with Crippen molar-refractivity contribution < 1.29 is 28.8 Å². The molecule has 0 unspecified atom stereocenters. The number of carbonyl (C=O) groups excluding carboxylic acids is 6. The molecular weight excluding hydrogens is 789 g/mol. The van der Waals surface area contributed by atoms with Gasteiger partial charge in [0, 0.05) is 55.9 Å². The van der Waals surface area contributed by atoms with Gasteiger partial charge in [-0.25, -0.2) is 0 Å². The third kappa shape index (κ3) is 13.4. The number of aliphatic imine (C=N–C) groups is 1. The Kier molecular flexibility index (Phi) is 17.0. The Hall–Kier alpha value is -6.71. The van der Waals surface area contributed by atoms with E-state index in [0.717, 1.165) is 22.0 Å². The van der Waals surface area contributed by atoms with E-state index in [1.807, 2.05) is 79.7 Å². The standard InChI is InChI=1S/C46H60N10O6/c1-2-12-40(58)56-46(23-20-32(21-24-46)31-15-7-4-8-16-31)44(62)55-37(27-30-13-5-3-6-14-30)43(61)53-36(19-11-25-51-45(48)49)42(60)54-38(41(59)50-26-22-39(47)57)28-33-29-52-35-18-10-9-17-34(33)35/h3-10,13-18,29,32,36-38,52H,2,11-12,19-28H2,1H3,(H2,47,57)(H,50,59)(H,53,61)(H,54,60)(H,55,62)(H,56,58)(H4,48,49,51)/t32?,36-,37+,38-,46?/m0/s1. The van der Waals surface area contributed by atoms with Crippen LogP contribution in [0.25, 0.3) is 10.9 Å². The Bertz CT molecular complexity index is 2160. The molecule has 6 amide bonds. The van der Waals surface area contributed by atoms with Gasteiger partial charge in [0.25, 0.3) is 0 Å². The lowest BCUT2D eigenvalue weighted by molar-refractivity contribution is -0.138. The second kappa shape index (κ2) is 22.8. The number of para-hydroxylation sites is 1. The number of primary amides is 1. The predicted molar refractivity (Wildman–Crippen MR) is 238 cm³/mol. The first-order valence-corrected chi connectivity index (χ1v) is 21.4. The van der Waals surface area contributed by atoms with Crippen LogP contribution in [0.5, 0.6) is 0 Å². The van der Waals surface area contributed by atoms with Crippen LogP contribution in [-0.4, -0.2) is 83.1 Å². The maximum Gasteiger partial charge on any atom is 0.246 e. The average molecular weight is 849 g/mol. The van der Waals surface area contributed by atoms with Gasteiger partial charge in [0.1, 0.15) is 23.7 Å².